The van der Waals surface area contributed by atoms with E-state index in [-0.39, 0.29) is 6.61 Å². The average Bonchev–Trinajstić information content (AvgIpc) is 2.37. The van der Waals surface area contributed by atoms with E-state index >= 15 is 0 Å². The monoisotopic (exact) mass is 150 g/mol. The van der Waals surface area contributed by atoms with Gasteiger partial charge in [0.15, 0.2) is 0 Å². The van der Waals surface area contributed by atoms with Gasteiger partial charge in [-0.25, -0.2) is 4.98 Å². The summed E-state index contributed by atoms with van der Waals surface area (Å²) in [5.74, 6) is 6.49. The van der Waals surface area contributed by atoms with Crippen LogP contribution in [-0.4, -0.2) is 21.7 Å². The number of aromatic amines is 1. The van der Waals surface area contributed by atoms with Gasteiger partial charge in [-0.1, -0.05) is 5.92 Å². The zero-order chi connectivity index (χ0) is 8.10. The fourth-order valence-corrected chi connectivity index (χ4v) is 0.698. The summed E-state index contributed by atoms with van der Waals surface area (Å²) in [4.78, 5) is 6.94. The van der Waals surface area contributed by atoms with Crippen molar-refractivity contribution in [3.8, 4) is 11.8 Å². The SMILES string of the molecule is Cc1ncc(C#CCCO)[nH]1. The van der Waals surface area contributed by atoms with Crippen LogP contribution in [0.2, 0.25) is 0 Å². The molecule has 1 aromatic rings. The quantitative estimate of drug-likeness (QED) is 0.571. The first kappa shape index (κ1) is 7.83. The van der Waals surface area contributed by atoms with E-state index in [1.165, 1.54) is 0 Å². The number of aryl methyl sites for hydroxylation is 1. The van der Waals surface area contributed by atoms with Gasteiger partial charge in [-0.3, -0.25) is 0 Å². The maximum absolute atomic E-state index is 8.42. The summed E-state index contributed by atoms with van der Waals surface area (Å²) >= 11 is 0. The standard InChI is InChI=1S/C8H10N2O/c1-7-9-6-8(10-7)4-2-3-5-11/h6,11H,3,5H2,1H3,(H,9,10). The summed E-state index contributed by atoms with van der Waals surface area (Å²) in [5.41, 5.74) is 0.802. The molecular weight excluding hydrogens is 140 g/mol. The third-order valence-corrected chi connectivity index (χ3v) is 1.16. The second-order valence-corrected chi connectivity index (χ2v) is 2.16. The number of hydrogen-bond acceptors (Lipinski definition) is 2. The molecule has 0 bridgehead atoms. The Labute approximate surface area is 65.5 Å². The average molecular weight is 150 g/mol. The molecule has 2 N–H and O–H groups in total. The Morgan fingerprint density at radius 2 is 2.55 bits per heavy atom. The molecule has 0 aliphatic rings. The van der Waals surface area contributed by atoms with Gasteiger partial charge in [0, 0.05) is 6.42 Å². The van der Waals surface area contributed by atoms with Crippen molar-refractivity contribution in [1.29, 1.82) is 0 Å². The van der Waals surface area contributed by atoms with E-state index in [2.05, 4.69) is 21.8 Å². The first-order chi connectivity index (χ1) is 5.33. The number of rotatable bonds is 1. The van der Waals surface area contributed by atoms with Crippen molar-refractivity contribution in [2.24, 2.45) is 0 Å². The van der Waals surface area contributed by atoms with Crippen LogP contribution in [0.5, 0.6) is 0 Å². The Balaban J connectivity index is 2.59. The summed E-state index contributed by atoms with van der Waals surface area (Å²) in [7, 11) is 0. The highest BCUT2D eigenvalue weighted by atomic mass is 16.2. The van der Waals surface area contributed by atoms with Crippen LogP contribution < -0.4 is 0 Å². The van der Waals surface area contributed by atoms with Gasteiger partial charge in [0.05, 0.1) is 12.8 Å². The molecule has 58 valence electrons. The third-order valence-electron chi connectivity index (χ3n) is 1.16. The van der Waals surface area contributed by atoms with Crippen molar-refractivity contribution in [2.45, 2.75) is 13.3 Å². The van der Waals surface area contributed by atoms with Gasteiger partial charge >= 0.3 is 0 Å². The summed E-state index contributed by atoms with van der Waals surface area (Å²) in [6.07, 6.45) is 2.19. The van der Waals surface area contributed by atoms with Crippen molar-refractivity contribution >= 4 is 0 Å². The van der Waals surface area contributed by atoms with E-state index in [4.69, 9.17) is 5.11 Å². The van der Waals surface area contributed by atoms with Gasteiger partial charge in [0.1, 0.15) is 11.5 Å². The van der Waals surface area contributed by atoms with Crippen molar-refractivity contribution in [3.05, 3.63) is 17.7 Å². The Morgan fingerprint density at radius 1 is 1.73 bits per heavy atom. The maximum atomic E-state index is 8.42. The maximum Gasteiger partial charge on any atom is 0.109 e. The highest BCUT2D eigenvalue weighted by Gasteiger charge is 1.88. The van der Waals surface area contributed by atoms with Crippen LogP contribution in [0.4, 0.5) is 0 Å². The highest BCUT2D eigenvalue weighted by Crippen LogP contribution is 1.91. The molecule has 3 heteroatoms. The second kappa shape index (κ2) is 3.79. The van der Waals surface area contributed by atoms with Gasteiger partial charge in [0.25, 0.3) is 0 Å². The van der Waals surface area contributed by atoms with Crippen LogP contribution in [-0.2, 0) is 0 Å². The number of imidazole rings is 1. The van der Waals surface area contributed by atoms with Gasteiger partial charge in [0.2, 0.25) is 0 Å². The van der Waals surface area contributed by atoms with Crippen molar-refractivity contribution in [3.63, 3.8) is 0 Å². The molecule has 0 amide bonds. The van der Waals surface area contributed by atoms with Gasteiger partial charge in [-0.05, 0) is 12.8 Å². The Bertz CT molecular complexity index is 280. The van der Waals surface area contributed by atoms with Crippen molar-refractivity contribution in [2.75, 3.05) is 6.61 Å². The number of aliphatic hydroxyl groups is 1. The fraction of sp³-hybridized carbons (Fsp3) is 0.375. The summed E-state index contributed by atoms with van der Waals surface area (Å²) in [6.45, 7) is 1.98. The lowest BCUT2D eigenvalue weighted by molar-refractivity contribution is 0.305. The van der Waals surface area contributed by atoms with Gasteiger partial charge in [-0.15, -0.1) is 0 Å². The molecule has 0 unspecified atom stereocenters. The molecule has 0 saturated carbocycles. The Kier molecular flexibility index (Phi) is 2.70. The van der Waals surface area contributed by atoms with Crippen LogP contribution in [0.1, 0.15) is 17.9 Å². The Hall–Kier alpha value is -1.27. The lowest BCUT2D eigenvalue weighted by Crippen LogP contribution is -1.77. The van der Waals surface area contributed by atoms with E-state index in [0.717, 1.165) is 11.5 Å². The largest absolute Gasteiger partial charge is 0.395 e. The zero-order valence-corrected chi connectivity index (χ0v) is 6.39. The molecule has 0 saturated heterocycles. The van der Waals surface area contributed by atoms with Crippen LogP contribution in [0.15, 0.2) is 6.20 Å². The molecule has 3 nitrogen and oxygen atoms in total. The van der Waals surface area contributed by atoms with Gasteiger partial charge < -0.3 is 10.1 Å². The van der Waals surface area contributed by atoms with Gasteiger partial charge in [-0.2, -0.15) is 0 Å². The molecule has 0 fully saturated rings. The van der Waals surface area contributed by atoms with E-state index in [1.807, 2.05) is 6.92 Å². The molecule has 0 atom stereocenters. The predicted octanol–water partition coefficient (Wildman–Crippen LogP) is 0.452. The minimum absolute atomic E-state index is 0.111. The minimum atomic E-state index is 0.111. The fourth-order valence-electron chi connectivity index (χ4n) is 0.698. The lowest BCUT2D eigenvalue weighted by atomic mass is 10.4. The van der Waals surface area contributed by atoms with Crippen LogP contribution in [0.3, 0.4) is 0 Å². The topological polar surface area (TPSA) is 48.9 Å². The highest BCUT2D eigenvalue weighted by molar-refractivity contribution is 5.25. The number of aromatic nitrogens is 2. The molecule has 1 aromatic heterocycles. The van der Waals surface area contributed by atoms with E-state index in [9.17, 15) is 0 Å². The molecule has 1 rings (SSSR count). The molecule has 0 spiro atoms. The number of nitrogens with zero attached hydrogens (tertiary/aromatic N) is 1. The van der Waals surface area contributed by atoms with E-state index in [1.54, 1.807) is 6.20 Å². The first-order valence-corrected chi connectivity index (χ1v) is 3.44. The molecule has 1 heterocycles. The number of H-pyrrole nitrogens is 1. The molecule has 0 aromatic carbocycles. The van der Waals surface area contributed by atoms with Crippen molar-refractivity contribution in [1.82, 2.24) is 9.97 Å². The second-order valence-electron chi connectivity index (χ2n) is 2.16. The molecule has 0 aliphatic heterocycles. The number of hydrogen-bond donors (Lipinski definition) is 2. The van der Waals surface area contributed by atoms with Crippen LogP contribution in [0.25, 0.3) is 0 Å². The minimum Gasteiger partial charge on any atom is -0.395 e. The number of aliphatic hydroxyl groups excluding tert-OH is 1. The van der Waals surface area contributed by atoms with E-state index < -0.39 is 0 Å². The van der Waals surface area contributed by atoms with Crippen LogP contribution >= 0.6 is 0 Å². The smallest absolute Gasteiger partial charge is 0.109 e. The summed E-state index contributed by atoms with van der Waals surface area (Å²) < 4.78 is 0. The normalized spacial score (nSPS) is 8.91. The lowest BCUT2D eigenvalue weighted by Gasteiger charge is -1.79. The molecule has 0 radical (unpaired) electrons. The van der Waals surface area contributed by atoms with E-state index in [0.29, 0.717) is 6.42 Å². The summed E-state index contributed by atoms with van der Waals surface area (Å²) in [5, 5.41) is 8.42. The van der Waals surface area contributed by atoms with Crippen LogP contribution in [0, 0.1) is 18.8 Å². The predicted molar refractivity (Wildman–Crippen MR) is 41.9 cm³/mol. The number of nitrogens with one attached hydrogen (secondary N) is 1. The first-order valence-electron chi connectivity index (χ1n) is 3.44. The summed E-state index contributed by atoms with van der Waals surface area (Å²) in [6, 6.07) is 0. The molecule has 0 aliphatic carbocycles. The molecular formula is C8H10N2O. The molecule has 11 heavy (non-hydrogen) atoms. The Morgan fingerprint density at radius 3 is 3.09 bits per heavy atom. The third kappa shape index (κ3) is 2.44. The zero-order valence-electron chi connectivity index (χ0n) is 6.39. The van der Waals surface area contributed by atoms with Crippen molar-refractivity contribution < 1.29 is 5.11 Å².